The van der Waals surface area contributed by atoms with Crippen LogP contribution in [0.5, 0.6) is 11.5 Å². The number of phenolic OH excluding ortho intramolecular Hbond substituents is 2. The van der Waals surface area contributed by atoms with Crippen molar-refractivity contribution in [3.63, 3.8) is 0 Å². The summed E-state index contributed by atoms with van der Waals surface area (Å²) < 4.78 is 0. The summed E-state index contributed by atoms with van der Waals surface area (Å²) in [7, 11) is 0. The molecule has 0 saturated heterocycles. The van der Waals surface area contributed by atoms with Crippen LogP contribution in [0.3, 0.4) is 0 Å². The second-order valence-electron chi connectivity index (χ2n) is 1.52. The third-order valence-corrected chi connectivity index (χ3v) is 0.830. The Balaban J connectivity index is 0. The molecule has 4 heteroatoms. The number of carbonyl (C=O) groups excluding carboxylic acids is 1. The molecule has 0 fully saturated rings. The maximum Gasteiger partial charge on any atom is 0.119 e. The largest absolute Gasteiger partial charge is 0.508 e. The Kier molecular flexibility index (Phi) is 9.05. The van der Waals surface area contributed by atoms with Gasteiger partial charge in [-0.1, -0.05) is 6.07 Å². The first kappa shape index (κ1) is 13.1. The molecule has 0 aliphatic carbocycles. The molecule has 0 aliphatic rings. The maximum atomic E-state index is 8.65. The van der Waals surface area contributed by atoms with Gasteiger partial charge >= 0.3 is 0 Å². The summed E-state index contributed by atoms with van der Waals surface area (Å²) in [6.45, 7) is 2.00. The number of aromatic hydroxyl groups is 2. The third-order valence-electron chi connectivity index (χ3n) is 0.830. The van der Waals surface area contributed by atoms with E-state index in [0.29, 0.717) is 0 Å². The van der Waals surface area contributed by atoms with Crippen molar-refractivity contribution in [3.05, 3.63) is 24.3 Å². The van der Waals surface area contributed by atoms with E-state index in [2.05, 4.69) is 0 Å². The van der Waals surface area contributed by atoms with E-state index in [1.165, 1.54) is 18.2 Å². The van der Waals surface area contributed by atoms with Crippen molar-refractivity contribution in [1.82, 2.24) is 0 Å². The first-order valence-electron chi connectivity index (χ1n) is 2.56. The number of benzene rings is 1. The predicted molar refractivity (Wildman–Crippen MR) is 42.6 cm³/mol. The van der Waals surface area contributed by atoms with Crippen molar-refractivity contribution < 1.29 is 15.0 Å². The number of rotatable bonds is 0. The van der Waals surface area contributed by atoms with Crippen LogP contribution in [0.15, 0.2) is 24.3 Å². The van der Waals surface area contributed by atoms with Crippen molar-refractivity contribution in [2.75, 3.05) is 0 Å². The van der Waals surface area contributed by atoms with Crippen LogP contribution in [-0.4, -0.2) is 46.6 Å². The second kappa shape index (κ2) is 7.60. The molecule has 0 bridgehead atoms. The predicted octanol–water partition coefficient (Wildman–Crippen LogP) is 0.532. The van der Waals surface area contributed by atoms with E-state index in [4.69, 9.17) is 15.0 Å². The molecular weight excluding hydrogens is 155 g/mol. The van der Waals surface area contributed by atoms with Crippen molar-refractivity contribution in [2.24, 2.45) is 0 Å². The monoisotopic (exact) mass is 163 g/mol. The smallest absolute Gasteiger partial charge is 0.119 e. The van der Waals surface area contributed by atoms with Crippen LogP contribution in [0.1, 0.15) is 0 Å². The molecule has 11 heavy (non-hydrogen) atoms. The zero-order valence-electron chi connectivity index (χ0n) is 6.32. The van der Waals surface area contributed by atoms with Gasteiger partial charge in [0.1, 0.15) is 18.3 Å². The molecule has 1 aromatic carbocycles. The van der Waals surface area contributed by atoms with Crippen LogP contribution in [0.25, 0.3) is 0 Å². The summed E-state index contributed by atoms with van der Waals surface area (Å²) in [6.07, 6.45) is 0. The summed E-state index contributed by atoms with van der Waals surface area (Å²) in [5.74, 6) is 0.176. The Bertz CT molecular complexity index is 185. The van der Waals surface area contributed by atoms with E-state index in [1.807, 2.05) is 6.79 Å². The Morgan fingerprint density at radius 2 is 1.45 bits per heavy atom. The van der Waals surface area contributed by atoms with Crippen LogP contribution >= 0.6 is 0 Å². The Hall–Kier alpha value is -0.510. The van der Waals surface area contributed by atoms with Crippen LogP contribution < -0.4 is 0 Å². The molecule has 0 atom stereocenters. The molecule has 0 unspecified atom stereocenters. The van der Waals surface area contributed by atoms with Gasteiger partial charge in [0.15, 0.2) is 0 Å². The Morgan fingerprint density at radius 3 is 1.64 bits per heavy atom. The van der Waals surface area contributed by atoms with E-state index >= 15 is 0 Å². The molecule has 1 aromatic rings. The number of hydrogen-bond acceptors (Lipinski definition) is 3. The molecule has 0 spiro atoms. The van der Waals surface area contributed by atoms with Crippen LogP contribution in [-0.2, 0) is 4.79 Å². The van der Waals surface area contributed by atoms with Gasteiger partial charge in [0.25, 0.3) is 0 Å². The maximum absolute atomic E-state index is 8.65. The quantitative estimate of drug-likeness (QED) is 0.548. The van der Waals surface area contributed by atoms with Gasteiger partial charge < -0.3 is 15.0 Å². The van der Waals surface area contributed by atoms with E-state index in [9.17, 15) is 0 Å². The van der Waals surface area contributed by atoms with Gasteiger partial charge in [-0.05, 0) is 12.1 Å². The van der Waals surface area contributed by atoms with Gasteiger partial charge in [0, 0.05) is 35.6 Å². The first-order chi connectivity index (χ1) is 4.79. The fraction of sp³-hybridized carbons (Fsp3) is 0. The van der Waals surface area contributed by atoms with Gasteiger partial charge in [-0.15, -0.1) is 0 Å². The molecule has 55 valence electrons. The Morgan fingerprint density at radius 1 is 1.09 bits per heavy atom. The average Bonchev–Trinajstić information content (AvgIpc) is 1.91. The van der Waals surface area contributed by atoms with Crippen molar-refractivity contribution >= 4 is 36.3 Å². The standard InChI is InChI=1S/C6H6O2.CH2O.Na/c7-5-2-1-3-6(8)4-5;1-2;/h1-4,7-8H;1H2;. The van der Waals surface area contributed by atoms with E-state index < -0.39 is 0 Å². The fourth-order valence-electron chi connectivity index (χ4n) is 0.493. The normalized spacial score (nSPS) is 6.91. The minimum absolute atomic E-state index is 0. The number of phenols is 2. The zero-order valence-corrected chi connectivity index (χ0v) is 8.32. The van der Waals surface area contributed by atoms with E-state index in [0.717, 1.165) is 0 Å². The minimum Gasteiger partial charge on any atom is -0.508 e. The van der Waals surface area contributed by atoms with Gasteiger partial charge in [-0.3, -0.25) is 0 Å². The summed E-state index contributed by atoms with van der Waals surface area (Å²) in [6, 6.07) is 5.85. The van der Waals surface area contributed by atoms with Crippen LogP contribution in [0, 0.1) is 0 Å². The topological polar surface area (TPSA) is 57.5 Å². The van der Waals surface area contributed by atoms with Gasteiger partial charge in [-0.2, -0.15) is 0 Å². The molecule has 0 heterocycles. The average molecular weight is 163 g/mol. The van der Waals surface area contributed by atoms with Gasteiger partial charge in [0.05, 0.1) is 0 Å². The van der Waals surface area contributed by atoms with E-state index in [1.54, 1.807) is 6.07 Å². The fourth-order valence-corrected chi connectivity index (χ4v) is 0.493. The van der Waals surface area contributed by atoms with Crippen molar-refractivity contribution in [1.29, 1.82) is 0 Å². The minimum atomic E-state index is 0. The molecule has 3 nitrogen and oxygen atoms in total. The molecule has 0 aliphatic heterocycles. The second-order valence-corrected chi connectivity index (χ2v) is 1.52. The third kappa shape index (κ3) is 5.91. The molecule has 0 saturated carbocycles. The molecule has 1 radical (unpaired) electrons. The summed E-state index contributed by atoms with van der Waals surface area (Å²) >= 11 is 0. The molecular formula is C7H8NaO3. The van der Waals surface area contributed by atoms with Crippen molar-refractivity contribution in [2.45, 2.75) is 0 Å². The van der Waals surface area contributed by atoms with Crippen LogP contribution in [0.2, 0.25) is 0 Å². The number of hydrogen-bond donors (Lipinski definition) is 2. The molecule has 1 rings (SSSR count). The molecule has 0 aromatic heterocycles. The summed E-state index contributed by atoms with van der Waals surface area (Å²) in [5.41, 5.74) is 0. The van der Waals surface area contributed by atoms with Gasteiger partial charge in [0.2, 0.25) is 0 Å². The molecule has 2 N–H and O–H groups in total. The number of carbonyl (C=O) groups is 1. The van der Waals surface area contributed by atoms with Crippen LogP contribution in [0.4, 0.5) is 0 Å². The van der Waals surface area contributed by atoms with E-state index in [-0.39, 0.29) is 41.1 Å². The summed E-state index contributed by atoms with van der Waals surface area (Å²) in [5, 5.41) is 17.3. The summed E-state index contributed by atoms with van der Waals surface area (Å²) in [4.78, 5) is 8.00. The first-order valence-corrected chi connectivity index (χ1v) is 2.56. The SMILES string of the molecule is C=O.Oc1cccc(O)c1.[Na]. The Labute approximate surface area is 87.0 Å². The van der Waals surface area contributed by atoms with Gasteiger partial charge in [-0.25, -0.2) is 0 Å². The molecule has 0 amide bonds. The van der Waals surface area contributed by atoms with Crippen molar-refractivity contribution in [3.8, 4) is 11.5 Å². The zero-order chi connectivity index (χ0) is 7.98.